The third-order valence-electron chi connectivity index (χ3n) is 5.78. The highest BCUT2D eigenvalue weighted by atomic mass is 16.4. The Hall–Kier alpha value is -3.18. The number of rotatable bonds is 15. The van der Waals surface area contributed by atoms with E-state index in [2.05, 4.69) is 16.0 Å². The van der Waals surface area contributed by atoms with Gasteiger partial charge in [-0.15, -0.1) is 0 Å². The lowest BCUT2D eigenvalue weighted by atomic mass is 9.98. The van der Waals surface area contributed by atoms with Gasteiger partial charge in [-0.25, -0.2) is 4.79 Å². The van der Waals surface area contributed by atoms with E-state index in [4.69, 9.17) is 11.5 Å². The van der Waals surface area contributed by atoms with Gasteiger partial charge in [-0.2, -0.15) is 0 Å². The smallest absolute Gasteiger partial charge is 0.326 e. The Morgan fingerprint density at radius 2 is 1.33 bits per heavy atom. The van der Waals surface area contributed by atoms with Crippen LogP contribution in [0.2, 0.25) is 0 Å². The first-order chi connectivity index (χ1) is 16.9. The highest BCUT2D eigenvalue weighted by Crippen LogP contribution is 2.12. The number of amides is 3. The molecule has 0 aliphatic heterocycles. The molecule has 0 heterocycles. The zero-order chi connectivity index (χ0) is 27.4. The maximum absolute atomic E-state index is 13.1. The van der Waals surface area contributed by atoms with Gasteiger partial charge in [0.2, 0.25) is 17.7 Å². The van der Waals surface area contributed by atoms with Gasteiger partial charge in [0, 0.05) is 0 Å². The summed E-state index contributed by atoms with van der Waals surface area (Å²) in [6.45, 7) is 7.37. The number of unbranched alkanes of at least 4 members (excludes halogenated alkanes) is 1. The van der Waals surface area contributed by atoms with E-state index in [1.165, 1.54) is 12.1 Å². The summed E-state index contributed by atoms with van der Waals surface area (Å²) in [6.07, 6.45) is 1.60. The van der Waals surface area contributed by atoms with E-state index in [-0.39, 0.29) is 30.4 Å². The summed E-state index contributed by atoms with van der Waals surface area (Å²) in [5, 5.41) is 26.7. The topological polar surface area (TPSA) is 197 Å². The van der Waals surface area contributed by atoms with E-state index in [0.29, 0.717) is 19.4 Å². The van der Waals surface area contributed by atoms with Crippen LogP contribution in [-0.2, 0) is 25.6 Å². The number of aliphatic carboxylic acids is 1. The molecule has 0 spiro atoms. The first kappa shape index (κ1) is 30.9. The molecule has 0 radical (unpaired) electrons. The Morgan fingerprint density at radius 3 is 1.81 bits per heavy atom. The Morgan fingerprint density at radius 1 is 0.833 bits per heavy atom. The van der Waals surface area contributed by atoms with Gasteiger partial charge in [0.25, 0.3) is 0 Å². The minimum absolute atomic E-state index is 0.0993. The Bertz CT molecular complexity index is 874. The first-order valence-corrected chi connectivity index (χ1v) is 12.2. The lowest BCUT2D eigenvalue weighted by molar-refractivity contribution is -0.143. The third kappa shape index (κ3) is 10.2. The van der Waals surface area contributed by atoms with Crippen molar-refractivity contribution in [3.8, 4) is 5.75 Å². The van der Waals surface area contributed by atoms with Crippen LogP contribution in [0.5, 0.6) is 5.75 Å². The van der Waals surface area contributed by atoms with Crippen molar-refractivity contribution in [1.82, 2.24) is 16.0 Å². The fraction of sp³-hybridized carbons (Fsp3) is 0.600. The van der Waals surface area contributed by atoms with Crippen molar-refractivity contribution in [3.05, 3.63) is 29.8 Å². The van der Waals surface area contributed by atoms with Crippen LogP contribution in [0.1, 0.15) is 52.5 Å². The van der Waals surface area contributed by atoms with Crippen molar-refractivity contribution >= 4 is 23.7 Å². The second kappa shape index (κ2) is 15.0. The van der Waals surface area contributed by atoms with Gasteiger partial charge >= 0.3 is 5.97 Å². The summed E-state index contributed by atoms with van der Waals surface area (Å²) < 4.78 is 0. The number of carboxylic acid groups (broad SMARTS) is 1. The summed E-state index contributed by atoms with van der Waals surface area (Å²) in [7, 11) is 0. The Kier molecular flexibility index (Phi) is 12.9. The second-order valence-corrected chi connectivity index (χ2v) is 9.62. The average molecular weight is 508 g/mol. The molecule has 36 heavy (non-hydrogen) atoms. The Labute approximate surface area is 212 Å². The average Bonchev–Trinajstić information content (AvgIpc) is 2.80. The molecule has 3 amide bonds. The lowest BCUT2D eigenvalue weighted by Crippen LogP contribution is -2.59. The molecule has 4 atom stereocenters. The van der Waals surface area contributed by atoms with Gasteiger partial charge in [0.05, 0.1) is 6.04 Å². The van der Waals surface area contributed by atoms with Crippen molar-refractivity contribution in [2.75, 3.05) is 6.54 Å². The molecular weight excluding hydrogens is 466 g/mol. The van der Waals surface area contributed by atoms with E-state index < -0.39 is 47.9 Å². The molecule has 0 aliphatic carbocycles. The van der Waals surface area contributed by atoms with Crippen molar-refractivity contribution in [2.45, 2.75) is 77.5 Å². The minimum Gasteiger partial charge on any atom is -0.508 e. The van der Waals surface area contributed by atoms with Crippen LogP contribution in [-0.4, -0.2) is 64.6 Å². The van der Waals surface area contributed by atoms with Crippen molar-refractivity contribution < 1.29 is 29.4 Å². The molecular formula is C25H41N5O6. The van der Waals surface area contributed by atoms with Crippen molar-refractivity contribution in [2.24, 2.45) is 23.3 Å². The molecule has 11 nitrogen and oxygen atoms in total. The summed E-state index contributed by atoms with van der Waals surface area (Å²) in [5.41, 5.74) is 12.2. The molecule has 0 aliphatic rings. The summed E-state index contributed by atoms with van der Waals surface area (Å²) in [6, 6.07) is 2.31. The maximum Gasteiger partial charge on any atom is 0.326 e. The molecule has 0 fully saturated rings. The van der Waals surface area contributed by atoms with Gasteiger partial charge in [0.15, 0.2) is 0 Å². The van der Waals surface area contributed by atoms with Crippen LogP contribution in [0.3, 0.4) is 0 Å². The number of nitrogens with one attached hydrogen (secondary N) is 3. The zero-order valence-corrected chi connectivity index (χ0v) is 21.5. The van der Waals surface area contributed by atoms with E-state index in [0.717, 1.165) is 5.56 Å². The number of nitrogens with two attached hydrogens (primary N) is 2. The molecule has 0 saturated heterocycles. The lowest BCUT2D eigenvalue weighted by Gasteiger charge is -2.28. The van der Waals surface area contributed by atoms with E-state index >= 15 is 0 Å². The van der Waals surface area contributed by atoms with Crippen LogP contribution in [0, 0.1) is 11.8 Å². The van der Waals surface area contributed by atoms with Gasteiger partial charge < -0.3 is 37.6 Å². The number of carbonyl (C=O) groups is 4. The van der Waals surface area contributed by atoms with Crippen molar-refractivity contribution in [1.29, 1.82) is 0 Å². The summed E-state index contributed by atoms with van der Waals surface area (Å²) in [4.78, 5) is 50.2. The number of benzene rings is 1. The number of carboxylic acids is 1. The first-order valence-electron chi connectivity index (χ1n) is 12.2. The normalized spacial score (nSPS) is 14.6. The van der Waals surface area contributed by atoms with Gasteiger partial charge in [-0.1, -0.05) is 39.8 Å². The van der Waals surface area contributed by atoms with Crippen molar-refractivity contribution in [3.63, 3.8) is 0 Å². The third-order valence-corrected chi connectivity index (χ3v) is 5.78. The van der Waals surface area contributed by atoms with Crippen LogP contribution >= 0.6 is 0 Å². The predicted octanol–water partition coefficient (Wildman–Crippen LogP) is 0.242. The highest BCUT2D eigenvalue weighted by Gasteiger charge is 2.33. The minimum atomic E-state index is -1.16. The number of phenols is 1. The SMILES string of the molecule is CC(C)C(NC(=O)C(N)Cc1ccc(O)cc1)C(=O)NC(C(=O)NC(CCCCN)C(=O)O)C(C)C. The molecule has 1 rings (SSSR count). The number of aromatic hydroxyl groups is 1. The number of phenolic OH excluding ortho intramolecular Hbond substituents is 1. The molecule has 0 saturated carbocycles. The van der Waals surface area contributed by atoms with Crippen LogP contribution in [0.15, 0.2) is 24.3 Å². The molecule has 1 aromatic carbocycles. The molecule has 11 heteroatoms. The zero-order valence-electron chi connectivity index (χ0n) is 21.5. The van der Waals surface area contributed by atoms with Crippen LogP contribution in [0.4, 0.5) is 0 Å². The number of hydrogen-bond donors (Lipinski definition) is 7. The quantitative estimate of drug-likeness (QED) is 0.164. The molecule has 0 bridgehead atoms. The maximum atomic E-state index is 13.1. The van der Waals surface area contributed by atoms with E-state index in [9.17, 15) is 29.4 Å². The molecule has 4 unspecified atom stereocenters. The summed E-state index contributed by atoms with van der Waals surface area (Å²) >= 11 is 0. The Balaban J connectivity index is 2.85. The van der Waals surface area contributed by atoms with E-state index in [1.807, 2.05) is 0 Å². The number of carbonyl (C=O) groups excluding carboxylic acids is 3. The van der Waals surface area contributed by atoms with Gasteiger partial charge in [-0.05, 0) is 61.8 Å². The summed E-state index contributed by atoms with van der Waals surface area (Å²) in [5.74, 6) is -3.43. The highest BCUT2D eigenvalue weighted by molar-refractivity contribution is 5.94. The van der Waals surface area contributed by atoms with Crippen LogP contribution in [0.25, 0.3) is 0 Å². The van der Waals surface area contributed by atoms with E-state index in [1.54, 1.807) is 39.8 Å². The standard InChI is InChI=1S/C25H41N5O6/c1-14(2)20(23(33)28-19(25(35)36)7-5-6-12-26)30-24(34)21(15(3)4)29-22(32)18(27)13-16-8-10-17(31)11-9-16/h8-11,14-15,18-21,31H,5-7,12-13,26-27H2,1-4H3,(H,28,33)(H,29,32)(H,30,34)(H,35,36). The largest absolute Gasteiger partial charge is 0.508 e. The number of hydrogen-bond acceptors (Lipinski definition) is 7. The van der Waals surface area contributed by atoms with Crippen LogP contribution < -0.4 is 27.4 Å². The van der Waals surface area contributed by atoms with Gasteiger partial charge in [-0.3, -0.25) is 14.4 Å². The molecule has 1 aromatic rings. The fourth-order valence-electron chi connectivity index (χ4n) is 3.56. The molecule has 202 valence electrons. The second-order valence-electron chi connectivity index (χ2n) is 9.62. The molecule has 0 aromatic heterocycles. The predicted molar refractivity (Wildman–Crippen MR) is 136 cm³/mol. The fourth-order valence-corrected chi connectivity index (χ4v) is 3.56. The van der Waals surface area contributed by atoms with Gasteiger partial charge in [0.1, 0.15) is 23.9 Å². The monoisotopic (exact) mass is 507 g/mol. The molecule has 9 N–H and O–H groups in total.